The third-order valence-corrected chi connectivity index (χ3v) is 8.44. The predicted molar refractivity (Wildman–Crippen MR) is 153 cm³/mol. The van der Waals surface area contributed by atoms with Gasteiger partial charge in [-0.2, -0.15) is 0 Å². The van der Waals surface area contributed by atoms with E-state index in [0.29, 0.717) is 0 Å². The third kappa shape index (κ3) is 3.85. The van der Waals surface area contributed by atoms with Crippen molar-refractivity contribution >= 4 is 23.3 Å². The molecule has 0 amide bonds. The van der Waals surface area contributed by atoms with Crippen LogP contribution >= 0.6 is 0 Å². The topological polar surface area (TPSA) is 26.3 Å². The summed E-state index contributed by atoms with van der Waals surface area (Å²) in [6, 6.07) is 22.0. The highest BCUT2D eigenvalue weighted by molar-refractivity contribution is 5.95. The smallest absolute Gasteiger partial charge is 0.130 e. The largest absolute Gasteiger partial charge is 0.465 e. The lowest BCUT2D eigenvalue weighted by atomic mass is 9.61. The quantitative estimate of drug-likeness (QED) is 0.247. The summed E-state index contributed by atoms with van der Waals surface area (Å²) in [7, 11) is 0. The van der Waals surface area contributed by atoms with Gasteiger partial charge in [0, 0.05) is 23.0 Å². The van der Waals surface area contributed by atoms with Crippen LogP contribution in [0.1, 0.15) is 97.3 Å². The zero-order chi connectivity index (χ0) is 25.6. The molecule has 4 aromatic rings. The number of furan rings is 2. The van der Waals surface area contributed by atoms with E-state index in [1.807, 2.05) is 12.1 Å². The molecule has 0 bridgehead atoms. The van der Waals surface area contributed by atoms with Gasteiger partial charge in [-0.1, -0.05) is 76.9 Å². The molecule has 2 heteroatoms. The molecule has 37 heavy (non-hydrogen) atoms. The molecule has 2 atom stereocenters. The van der Waals surface area contributed by atoms with Crippen molar-refractivity contribution in [3.63, 3.8) is 0 Å². The van der Waals surface area contributed by atoms with Gasteiger partial charge >= 0.3 is 0 Å². The minimum atomic E-state index is -0.149. The Labute approximate surface area is 220 Å². The second kappa shape index (κ2) is 9.41. The maximum atomic E-state index is 6.05. The summed E-state index contributed by atoms with van der Waals surface area (Å²) in [6.07, 6.45) is 12.9. The SMILES string of the molecule is CCCc1cccc2c1C=C(c1ccco1)C2C(C)(C)C1C(c2ccco2)=Cc2c(CCC)cccc21. The average Bonchev–Trinajstić information content (AvgIpc) is 3.69. The monoisotopic (exact) mass is 488 g/mol. The molecule has 0 spiro atoms. The highest BCUT2D eigenvalue weighted by Crippen LogP contribution is 2.62. The van der Waals surface area contributed by atoms with Gasteiger partial charge in [0.05, 0.1) is 12.5 Å². The Morgan fingerprint density at radius 3 is 1.46 bits per heavy atom. The molecule has 0 fully saturated rings. The Morgan fingerprint density at radius 1 is 0.622 bits per heavy atom. The fourth-order valence-electron chi connectivity index (χ4n) is 6.99. The van der Waals surface area contributed by atoms with Crippen molar-refractivity contribution in [2.45, 2.75) is 65.2 Å². The molecule has 0 N–H and O–H groups in total. The van der Waals surface area contributed by atoms with E-state index in [1.165, 1.54) is 44.5 Å². The third-order valence-electron chi connectivity index (χ3n) is 8.44. The fourth-order valence-corrected chi connectivity index (χ4v) is 6.99. The molecule has 2 aliphatic rings. The molecular weight excluding hydrogens is 452 g/mol. The van der Waals surface area contributed by atoms with E-state index in [-0.39, 0.29) is 17.3 Å². The standard InChI is InChI=1S/C35H36O2/c1-5-11-23-13-7-15-25-27(23)21-29(31-17-9-19-36-31)33(25)35(3,4)34-26-16-8-14-24(12-6-2)28(26)22-30(34)32-18-10-20-37-32/h7-10,13-22,33-34H,5-6,11-12H2,1-4H3. The van der Waals surface area contributed by atoms with Crippen LogP contribution in [0.25, 0.3) is 23.3 Å². The molecule has 0 saturated heterocycles. The molecule has 2 heterocycles. The van der Waals surface area contributed by atoms with Crippen LogP contribution in [0.3, 0.4) is 0 Å². The van der Waals surface area contributed by atoms with E-state index in [0.717, 1.165) is 37.2 Å². The van der Waals surface area contributed by atoms with Gasteiger partial charge in [0.1, 0.15) is 11.5 Å². The van der Waals surface area contributed by atoms with Crippen LogP contribution in [-0.4, -0.2) is 0 Å². The zero-order valence-corrected chi connectivity index (χ0v) is 22.4. The van der Waals surface area contributed by atoms with Crippen molar-refractivity contribution in [2.75, 3.05) is 0 Å². The fraction of sp³-hybridized carbons (Fsp3) is 0.314. The highest BCUT2D eigenvalue weighted by atomic mass is 16.3. The molecule has 6 rings (SSSR count). The van der Waals surface area contributed by atoms with E-state index in [4.69, 9.17) is 8.83 Å². The first kappa shape index (κ1) is 23.9. The molecule has 0 aliphatic heterocycles. The van der Waals surface area contributed by atoms with Crippen LogP contribution < -0.4 is 0 Å². The lowest BCUT2D eigenvalue weighted by molar-refractivity contribution is 0.299. The minimum absolute atomic E-state index is 0.149. The first-order valence-electron chi connectivity index (χ1n) is 13.8. The van der Waals surface area contributed by atoms with Gasteiger partial charge in [-0.3, -0.25) is 0 Å². The second-order valence-electron chi connectivity index (χ2n) is 11.2. The Kier molecular flexibility index (Phi) is 6.07. The molecule has 2 unspecified atom stereocenters. The first-order chi connectivity index (χ1) is 18.0. The number of aryl methyl sites for hydroxylation is 2. The van der Waals surface area contributed by atoms with Crippen molar-refractivity contribution in [3.8, 4) is 0 Å². The molecule has 2 aromatic carbocycles. The summed E-state index contributed by atoms with van der Waals surface area (Å²) in [6.45, 7) is 9.41. The Balaban J connectivity index is 1.55. The Morgan fingerprint density at radius 2 is 1.08 bits per heavy atom. The van der Waals surface area contributed by atoms with Gasteiger partial charge in [0.25, 0.3) is 0 Å². The number of rotatable bonds is 8. The van der Waals surface area contributed by atoms with Crippen LogP contribution in [0.4, 0.5) is 0 Å². The minimum Gasteiger partial charge on any atom is -0.465 e. The summed E-state index contributed by atoms with van der Waals surface area (Å²) in [5.74, 6) is 2.32. The summed E-state index contributed by atoms with van der Waals surface area (Å²) in [4.78, 5) is 0. The lowest BCUT2D eigenvalue weighted by Gasteiger charge is -2.41. The predicted octanol–water partition coefficient (Wildman–Crippen LogP) is 9.78. The van der Waals surface area contributed by atoms with Crippen molar-refractivity contribution in [3.05, 3.63) is 118 Å². The average molecular weight is 489 g/mol. The number of benzene rings is 2. The van der Waals surface area contributed by atoms with E-state index in [9.17, 15) is 0 Å². The van der Waals surface area contributed by atoms with Gasteiger partial charge in [-0.15, -0.1) is 0 Å². The Hall–Kier alpha value is -3.52. The van der Waals surface area contributed by atoms with E-state index < -0.39 is 0 Å². The van der Waals surface area contributed by atoms with Crippen LogP contribution in [0.15, 0.2) is 82.0 Å². The van der Waals surface area contributed by atoms with Gasteiger partial charge in [0.2, 0.25) is 0 Å². The molecule has 188 valence electrons. The van der Waals surface area contributed by atoms with Gasteiger partial charge < -0.3 is 8.83 Å². The van der Waals surface area contributed by atoms with E-state index >= 15 is 0 Å². The number of fused-ring (bicyclic) bond motifs is 2. The molecule has 2 aromatic heterocycles. The van der Waals surface area contributed by atoms with Gasteiger partial charge in [-0.05, 0) is 88.1 Å². The van der Waals surface area contributed by atoms with Crippen molar-refractivity contribution < 1.29 is 8.83 Å². The van der Waals surface area contributed by atoms with Crippen molar-refractivity contribution in [1.29, 1.82) is 0 Å². The van der Waals surface area contributed by atoms with Crippen LogP contribution in [0.2, 0.25) is 0 Å². The molecule has 0 radical (unpaired) electrons. The highest BCUT2D eigenvalue weighted by Gasteiger charge is 2.48. The molecular formula is C35H36O2. The summed E-state index contributed by atoms with van der Waals surface area (Å²) in [5, 5.41) is 0. The first-order valence-corrected chi connectivity index (χ1v) is 13.8. The number of allylic oxidation sites excluding steroid dienone is 2. The Bertz CT molecular complexity index is 1350. The molecule has 2 nitrogen and oxygen atoms in total. The maximum absolute atomic E-state index is 6.05. The molecule has 0 saturated carbocycles. The van der Waals surface area contributed by atoms with E-state index in [1.54, 1.807) is 12.5 Å². The van der Waals surface area contributed by atoms with Crippen LogP contribution in [0, 0.1) is 5.41 Å². The normalized spacial score (nSPS) is 18.5. The number of hydrogen-bond acceptors (Lipinski definition) is 2. The number of hydrogen-bond donors (Lipinski definition) is 0. The van der Waals surface area contributed by atoms with Gasteiger partial charge in [0.15, 0.2) is 0 Å². The summed E-state index contributed by atoms with van der Waals surface area (Å²) < 4.78 is 12.1. The molecule has 2 aliphatic carbocycles. The van der Waals surface area contributed by atoms with Crippen LogP contribution in [0.5, 0.6) is 0 Å². The maximum Gasteiger partial charge on any atom is 0.130 e. The van der Waals surface area contributed by atoms with Crippen molar-refractivity contribution in [1.82, 2.24) is 0 Å². The lowest BCUT2D eigenvalue weighted by Crippen LogP contribution is -2.30. The summed E-state index contributed by atoms with van der Waals surface area (Å²) >= 11 is 0. The second-order valence-corrected chi connectivity index (χ2v) is 11.2. The summed E-state index contributed by atoms with van der Waals surface area (Å²) in [5.41, 5.74) is 10.9. The van der Waals surface area contributed by atoms with Crippen LogP contribution in [-0.2, 0) is 12.8 Å². The zero-order valence-electron chi connectivity index (χ0n) is 22.4. The van der Waals surface area contributed by atoms with E-state index in [2.05, 4.69) is 88.4 Å². The van der Waals surface area contributed by atoms with Gasteiger partial charge in [-0.25, -0.2) is 0 Å². The van der Waals surface area contributed by atoms with Crippen molar-refractivity contribution in [2.24, 2.45) is 5.41 Å².